The Morgan fingerprint density at radius 2 is 2.24 bits per heavy atom. The number of rotatable bonds is 4. The first-order valence-corrected chi connectivity index (χ1v) is 7.50. The molecule has 1 aromatic carbocycles. The molecule has 21 heavy (non-hydrogen) atoms. The van der Waals surface area contributed by atoms with E-state index in [9.17, 15) is 4.79 Å². The predicted octanol–water partition coefficient (Wildman–Crippen LogP) is 4.24. The maximum Gasteiger partial charge on any atom is 0.230 e. The van der Waals surface area contributed by atoms with Crippen LogP contribution in [0.2, 0.25) is 5.02 Å². The Balaban J connectivity index is 1.65. The van der Waals surface area contributed by atoms with Crippen molar-refractivity contribution >= 4 is 34.5 Å². The molecule has 2 heterocycles. The van der Waals surface area contributed by atoms with Gasteiger partial charge in [0.2, 0.25) is 5.91 Å². The third kappa shape index (κ3) is 3.51. The lowest BCUT2D eigenvalue weighted by atomic mass is 10.3. The molecule has 0 fully saturated rings. The van der Waals surface area contributed by atoms with Crippen molar-refractivity contribution in [1.29, 1.82) is 0 Å². The molecule has 0 aliphatic rings. The molecule has 0 saturated carbocycles. The second-order valence-electron chi connectivity index (χ2n) is 4.36. The minimum atomic E-state index is -0.131. The smallest absolute Gasteiger partial charge is 0.230 e. The van der Waals surface area contributed by atoms with Crippen molar-refractivity contribution in [3.8, 4) is 10.8 Å². The molecule has 1 amide bonds. The van der Waals surface area contributed by atoms with E-state index in [1.54, 1.807) is 30.5 Å². The highest BCUT2D eigenvalue weighted by atomic mass is 35.5. The molecular weight excluding hydrogens is 308 g/mol. The van der Waals surface area contributed by atoms with Crippen LogP contribution in [0.3, 0.4) is 0 Å². The fourth-order valence-corrected chi connectivity index (χ4v) is 2.81. The molecule has 4 nitrogen and oxygen atoms in total. The van der Waals surface area contributed by atoms with Gasteiger partial charge in [-0.25, -0.2) is 4.98 Å². The van der Waals surface area contributed by atoms with Gasteiger partial charge in [0.05, 0.1) is 18.4 Å². The normalized spacial score (nSPS) is 10.5. The van der Waals surface area contributed by atoms with Crippen molar-refractivity contribution in [2.75, 3.05) is 5.32 Å². The number of anilines is 1. The summed E-state index contributed by atoms with van der Waals surface area (Å²) in [6.45, 7) is 0. The molecule has 2 aromatic heterocycles. The van der Waals surface area contributed by atoms with E-state index in [1.165, 1.54) is 11.3 Å². The number of amides is 1. The highest BCUT2D eigenvalue weighted by molar-refractivity contribution is 7.13. The number of hydrogen-bond acceptors (Lipinski definition) is 4. The van der Waals surface area contributed by atoms with Crippen LogP contribution in [0.15, 0.2) is 52.5 Å². The maximum atomic E-state index is 12.0. The van der Waals surface area contributed by atoms with Gasteiger partial charge < -0.3 is 9.73 Å². The van der Waals surface area contributed by atoms with Gasteiger partial charge in [-0.2, -0.15) is 0 Å². The molecule has 1 N–H and O–H groups in total. The van der Waals surface area contributed by atoms with Gasteiger partial charge >= 0.3 is 0 Å². The molecule has 0 radical (unpaired) electrons. The number of nitrogens with zero attached hydrogens (tertiary/aromatic N) is 1. The molecule has 0 spiro atoms. The van der Waals surface area contributed by atoms with Crippen molar-refractivity contribution in [3.63, 3.8) is 0 Å². The molecule has 3 aromatic rings. The summed E-state index contributed by atoms with van der Waals surface area (Å²) in [6.07, 6.45) is 1.81. The first-order chi connectivity index (χ1) is 10.2. The van der Waals surface area contributed by atoms with E-state index < -0.39 is 0 Å². The molecule has 0 bridgehead atoms. The summed E-state index contributed by atoms with van der Waals surface area (Å²) in [5.74, 6) is 0.579. The number of furan rings is 1. The standard InChI is InChI=1S/C15H11ClN2O2S/c16-10-3-1-4-11(7-10)17-14(19)8-12-9-21-15(18-12)13-5-2-6-20-13/h1-7,9H,8H2,(H,17,19). The van der Waals surface area contributed by atoms with Gasteiger partial charge in [-0.05, 0) is 30.3 Å². The van der Waals surface area contributed by atoms with E-state index in [0.29, 0.717) is 22.2 Å². The Labute approximate surface area is 130 Å². The molecular formula is C15H11ClN2O2S. The molecule has 0 unspecified atom stereocenters. The fraction of sp³-hybridized carbons (Fsp3) is 0.0667. The summed E-state index contributed by atoms with van der Waals surface area (Å²) in [7, 11) is 0. The maximum absolute atomic E-state index is 12.0. The van der Waals surface area contributed by atoms with E-state index in [2.05, 4.69) is 10.3 Å². The van der Waals surface area contributed by atoms with E-state index >= 15 is 0 Å². The van der Waals surface area contributed by atoms with Gasteiger partial charge in [0.25, 0.3) is 0 Å². The first-order valence-electron chi connectivity index (χ1n) is 6.24. The zero-order chi connectivity index (χ0) is 14.7. The quantitative estimate of drug-likeness (QED) is 0.783. The molecule has 6 heteroatoms. The Morgan fingerprint density at radius 1 is 1.33 bits per heavy atom. The van der Waals surface area contributed by atoms with E-state index in [0.717, 1.165) is 5.01 Å². The van der Waals surface area contributed by atoms with Gasteiger partial charge in [-0.3, -0.25) is 4.79 Å². The third-order valence-corrected chi connectivity index (χ3v) is 3.87. The zero-order valence-corrected chi connectivity index (χ0v) is 12.4. The molecule has 0 saturated heterocycles. The minimum Gasteiger partial charge on any atom is -0.462 e. The van der Waals surface area contributed by atoms with E-state index in [-0.39, 0.29) is 12.3 Å². The summed E-state index contributed by atoms with van der Waals surface area (Å²) in [4.78, 5) is 16.4. The summed E-state index contributed by atoms with van der Waals surface area (Å²) in [5, 5.41) is 6.00. The molecule has 3 rings (SSSR count). The topological polar surface area (TPSA) is 55.1 Å². The van der Waals surface area contributed by atoms with Gasteiger partial charge in [-0.1, -0.05) is 17.7 Å². The number of halogens is 1. The van der Waals surface area contributed by atoms with Crippen LogP contribution in [0.5, 0.6) is 0 Å². The van der Waals surface area contributed by atoms with Gasteiger partial charge in [-0.15, -0.1) is 11.3 Å². The Morgan fingerprint density at radius 3 is 3.00 bits per heavy atom. The van der Waals surface area contributed by atoms with Crippen LogP contribution < -0.4 is 5.32 Å². The average molecular weight is 319 g/mol. The van der Waals surface area contributed by atoms with Crippen LogP contribution in [0.25, 0.3) is 10.8 Å². The number of thiazole rings is 1. The summed E-state index contributed by atoms with van der Waals surface area (Å²) < 4.78 is 5.28. The third-order valence-electron chi connectivity index (χ3n) is 2.73. The summed E-state index contributed by atoms with van der Waals surface area (Å²) in [5.41, 5.74) is 1.39. The number of aromatic nitrogens is 1. The van der Waals surface area contributed by atoms with Crippen molar-refractivity contribution in [2.45, 2.75) is 6.42 Å². The van der Waals surface area contributed by atoms with Crippen molar-refractivity contribution in [1.82, 2.24) is 4.98 Å². The molecule has 0 atom stereocenters. The lowest BCUT2D eigenvalue weighted by Crippen LogP contribution is -2.14. The Hall–Kier alpha value is -2.11. The lowest BCUT2D eigenvalue weighted by molar-refractivity contribution is -0.115. The zero-order valence-electron chi connectivity index (χ0n) is 10.9. The highest BCUT2D eigenvalue weighted by Crippen LogP contribution is 2.24. The first kappa shape index (κ1) is 13.9. The van der Waals surface area contributed by atoms with Crippen LogP contribution in [0, 0.1) is 0 Å². The number of carbonyl (C=O) groups is 1. The van der Waals surface area contributed by atoms with Crippen molar-refractivity contribution in [2.24, 2.45) is 0 Å². The van der Waals surface area contributed by atoms with Crippen LogP contribution in [-0.2, 0) is 11.2 Å². The lowest BCUT2D eigenvalue weighted by Gasteiger charge is -2.04. The number of hydrogen-bond donors (Lipinski definition) is 1. The molecule has 106 valence electrons. The van der Waals surface area contributed by atoms with E-state index in [1.807, 2.05) is 17.5 Å². The van der Waals surface area contributed by atoms with Crippen molar-refractivity contribution < 1.29 is 9.21 Å². The monoisotopic (exact) mass is 318 g/mol. The van der Waals surface area contributed by atoms with Crippen molar-refractivity contribution in [3.05, 3.63) is 58.8 Å². The highest BCUT2D eigenvalue weighted by Gasteiger charge is 2.10. The summed E-state index contributed by atoms with van der Waals surface area (Å²) >= 11 is 7.33. The molecule has 0 aliphatic heterocycles. The van der Waals surface area contributed by atoms with Crippen LogP contribution >= 0.6 is 22.9 Å². The van der Waals surface area contributed by atoms with E-state index in [4.69, 9.17) is 16.0 Å². The summed E-state index contributed by atoms with van der Waals surface area (Å²) in [6, 6.07) is 10.7. The van der Waals surface area contributed by atoms with Crippen LogP contribution in [0.4, 0.5) is 5.69 Å². The Bertz CT molecular complexity index is 753. The average Bonchev–Trinajstić information content (AvgIpc) is 3.08. The van der Waals surface area contributed by atoms with Crippen LogP contribution in [0.1, 0.15) is 5.69 Å². The van der Waals surface area contributed by atoms with Gasteiger partial charge in [0.15, 0.2) is 10.8 Å². The minimum absolute atomic E-state index is 0.131. The largest absolute Gasteiger partial charge is 0.462 e. The second-order valence-corrected chi connectivity index (χ2v) is 5.65. The van der Waals surface area contributed by atoms with Crippen LogP contribution in [-0.4, -0.2) is 10.9 Å². The second kappa shape index (κ2) is 6.11. The number of carbonyl (C=O) groups excluding carboxylic acids is 1. The van der Waals surface area contributed by atoms with Gasteiger partial charge in [0.1, 0.15) is 0 Å². The number of benzene rings is 1. The SMILES string of the molecule is O=C(Cc1csc(-c2ccco2)n1)Nc1cccc(Cl)c1. The number of nitrogens with one attached hydrogen (secondary N) is 1. The fourth-order valence-electron chi connectivity index (χ4n) is 1.84. The van der Waals surface area contributed by atoms with Gasteiger partial charge in [0, 0.05) is 16.1 Å². The predicted molar refractivity (Wildman–Crippen MR) is 83.6 cm³/mol. The Kier molecular flexibility index (Phi) is 4.03. The molecule has 0 aliphatic carbocycles.